The third-order valence-electron chi connectivity index (χ3n) is 8.70. The molecule has 2 heterocycles. The van der Waals surface area contributed by atoms with E-state index in [0.717, 1.165) is 28.5 Å². The van der Waals surface area contributed by atoms with Gasteiger partial charge in [-0.15, -0.1) is 0 Å². The van der Waals surface area contributed by atoms with Crippen LogP contribution < -0.4 is 4.72 Å². The number of nitrogens with one attached hydrogen (secondary N) is 1. The van der Waals surface area contributed by atoms with E-state index in [1.165, 1.54) is 18.4 Å². The number of rotatable bonds is 8. The summed E-state index contributed by atoms with van der Waals surface area (Å²) in [6, 6.07) is 13.5. The average Bonchev–Trinajstić information content (AvgIpc) is 3.48. The van der Waals surface area contributed by atoms with Crippen LogP contribution in [-0.4, -0.2) is 30.2 Å². The molecule has 4 fully saturated rings. The molecule has 0 radical (unpaired) electrons. The molecule has 36 heavy (non-hydrogen) atoms. The molecule has 4 aliphatic rings. The predicted octanol–water partition coefficient (Wildman–Crippen LogP) is 5.88. The van der Waals surface area contributed by atoms with E-state index in [4.69, 9.17) is 13.7 Å². The van der Waals surface area contributed by atoms with Crippen molar-refractivity contribution >= 4 is 35.7 Å². The molecule has 9 heteroatoms. The topological polar surface area (TPSA) is 86.8 Å². The summed E-state index contributed by atoms with van der Waals surface area (Å²) in [4.78, 5) is 11.0. The van der Waals surface area contributed by atoms with Crippen LogP contribution in [0.3, 0.4) is 0 Å². The first-order chi connectivity index (χ1) is 17.3. The normalized spacial score (nSPS) is 27.0. The van der Waals surface area contributed by atoms with Crippen LogP contribution >= 0.6 is 11.9 Å². The Kier molecular flexibility index (Phi) is 6.15. The molecule has 7 rings (SSSR count). The minimum absolute atomic E-state index is 0.0950. The van der Waals surface area contributed by atoms with Crippen molar-refractivity contribution in [2.24, 2.45) is 17.3 Å². The Bertz CT molecular complexity index is 1300. The Hall–Kier alpha value is -2.33. The van der Waals surface area contributed by atoms with Gasteiger partial charge in [0.05, 0.1) is 29.3 Å². The van der Waals surface area contributed by atoms with Gasteiger partial charge in [-0.25, -0.2) is 0 Å². The molecule has 3 saturated carbocycles. The Morgan fingerprint density at radius 2 is 2.06 bits per heavy atom. The molecule has 2 bridgehead atoms. The van der Waals surface area contributed by atoms with Crippen LogP contribution in [0, 0.1) is 34.3 Å². The van der Waals surface area contributed by atoms with Crippen molar-refractivity contribution in [2.75, 3.05) is 0 Å². The van der Waals surface area contributed by atoms with Gasteiger partial charge in [0.25, 0.3) is 5.69 Å². The van der Waals surface area contributed by atoms with E-state index in [9.17, 15) is 10.1 Å². The second kappa shape index (κ2) is 9.21. The Labute approximate surface area is 215 Å². The number of para-hydroxylation sites is 1. The second-order valence-corrected chi connectivity index (χ2v) is 11.9. The highest BCUT2D eigenvalue weighted by Crippen LogP contribution is 2.61. The maximum Gasteiger partial charge on any atom is 0.477 e. The van der Waals surface area contributed by atoms with Crippen molar-refractivity contribution in [1.82, 2.24) is 4.72 Å². The number of fused-ring (bicyclic) bond motifs is 1. The van der Waals surface area contributed by atoms with Gasteiger partial charge in [0.2, 0.25) is 0 Å². The summed E-state index contributed by atoms with van der Waals surface area (Å²) >= 11 is 1.54. The van der Waals surface area contributed by atoms with E-state index >= 15 is 0 Å². The van der Waals surface area contributed by atoms with Gasteiger partial charge in [0, 0.05) is 22.8 Å². The quantitative estimate of drug-likeness (QED) is 0.177. The number of hydrogen-bond donors (Lipinski definition) is 1. The van der Waals surface area contributed by atoms with Gasteiger partial charge >= 0.3 is 7.12 Å². The van der Waals surface area contributed by atoms with Gasteiger partial charge in [-0.3, -0.25) is 14.8 Å². The highest BCUT2D eigenvalue weighted by Gasteiger charge is 2.62. The molecular formula is C27H31BN2O5S. The molecule has 5 unspecified atom stereocenters. The van der Waals surface area contributed by atoms with Gasteiger partial charge in [0.15, 0.2) is 0 Å². The van der Waals surface area contributed by atoms with Crippen LogP contribution in [0.5, 0.6) is 0 Å². The third-order valence-corrected chi connectivity index (χ3v) is 9.65. The standard InChI is InChI=1S/C27H31BN2O5S/c1-16-8-9-17(10-22(16)30(31)32)15-36-29-25(11-18-14-33-23-7-5-4-6-20(18)23)28-34-24-13-19-12-21(26(24)35-28)27(19,2)3/h4-10,14,19,21,24-26,29H,11-13,15H2,1-3H3. The Balaban J connectivity index is 1.19. The molecule has 3 aliphatic carbocycles. The molecule has 2 aromatic carbocycles. The summed E-state index contributed by atoms with van der Waals surface area (Å²) in [7, 11) is -0.358. The fourth-order valence-electron chi connectivity index (χ4n) is 6.35. The predicted molar refractivity (Wildman–Crippen MR) is 141 cm³/mol. The molecular weight excluding hydrogens is 475 g/mol. The molecule has 5 atom stereocenters. The van der Waals surface area contributed by atoms with E-state index in [-0.39, 0.29) is 35.9 Å². The summed E-state index contributed by atoms with van der Waals surface area (Å²) in [6.07, 6.45) is 5.11. The number of nitro groups is 1. The lowest BCUT2D eigenvalue weighted by atomic mass is 9.47. The molecule has 1 saturated heterocycles. The van der Waals surface area contributed by atoms with Gasteiger partial charge in [-0.2, -0.15) is 0 Å². The van der Waals surface area contributed by atoms with Crippen LogP contribution in [-0.2, 0) is 21.5 Å². The van der Waals surface area contributed by atoms with Crippen LogP contribution in [0.1, 0.15) is 43.4 Å². The second-order valence-electron chi connectivity index (χ2n) is 11.1. The summed E-state index contributed by atoms with van der Waals surface area (Å²) in [5, 5.41) is 12.5. The maximum atomic E-state index is 11.4. The zero-order valence-corrected chi connectivity index (χ0v) is 21.6. The zero-order chi connectivity index (χ0) is 25.0. The van der Waals surface area contributed by atoms with Crippen LogP contribution in [0.15, 0.2) is 53.1 Å². The monoisotopic (exact) mass is 506 g/mol. The van der Waals surface area contributed by atoms with Crippen molar-refractivity contribution in [3.63, 3.8) is 0 Å². The van der Waals surface area contributed by atoms with Gasteiger partial charge < -0.3 is 13.7 Å². The van der Waals surface area contributed by atoms with Crippen molar-refractivity contribution in [2.45, 2.75) is 63.9 Å². The number of hydrogen-bond acceptors (Lipinski definition) is 7. The fraction of sp³-hybridized carbons (Fsp3) is 0.481. The summed E-state index contributed by atoms with van der Waals surface area (Å²) in [5.41, 5.74) is 4.03. The van der Waals surface area contributed by atoms with Crippen molar-refractivity contribution < 1.29 is 18.6 Å². The molecule has 0 spiro atoms. The molecule has 0 amide bonds. The SMILES string of the molecule is Cc1ccc(CSNC(Cc2coc3ccccc23)B2OC3CC4CC(C3O2)C4(C)C)cc1[N+](=O)[O-]. The van der Waals surface area contributed by atoms with E-state index in [1.807, 2.05) is 36.6 Å². The number of nitrogens with zero attached hydrogens (tertiary/aromatic N) is 1. The van der Waals surface area contributed by atoms with Crippen molar-refractivity contribution in [1.29, 1.82) is 0 Å². The molecule has 7 nitrogen and oxygen atoms in total. The largest absolute Gasteiger partial charge is 0.477 e. The maximum absolute atomic E-state index is 11.4. The minimum Gasteiger partial charge on any atom is -0.464 e. The minimum atomic E-state index is -0.358. The third kappa shape index (κ3) is 4.16. The van der Waals surface area contributed by atoms with Crippen LogP contribution in [0.4, 0.5) is 5.69 Å². The summed E-state index contributed by atoms with van der Waals surface area (Å²) in [5.74, 6) is 1.76. The first-order valence-electron chi connectivity index (χ1n) is 12.7. The first-order valence-corrected chi connectivity index (χ1v) is 13.7. The number of aryl methyl sites for hydroxylation is 1. The molecule has 1 aromatic heterocycles. The highest BCUT2D eigenvalue weighted by atomic mass is 32.2. The van der Waals surface area contributed by atoms with Crippen molar-refractivity contribution in [3.8, 4) is 0 Å². The zero-order valence-electron chi connectivity index (χ0n) is 20.8. The molecule has 3 aromatic rings. The number of nitro benzene ring substituents is 1. The van der Waals surface area contributed by atoms with E-state index in [0.29, 0.717) is 35.0 Å². The van der Waals surface area contributed by atoms with E-state index in [2.05, 4.69) is 24.6 Å². The lowest BCUT2D eigenvalue weighted by Crippen LogP contribution is -2.59. The molecule has 1 aliphatic heterocycles. The molecule has 1 N–H and O–H groups in total. The Morgan fingerprint density at radius 1 is 1.22 bits per heavy atom. The number of furan rings is 1. The summed E-state index contributed by atoms with van der Waals surface area (Å²) in [6.45, 7) is 6.49. The number of benzene rings is 2. The van der Waals surface area contributed by atoms with Crippen LogP contribution in [0.25, 0.3) is 11.0 Å². The van der Waals surface area contributed by atoms with E-state index in [1.54, 1.807) is 13.0 Å². The first kappa shape index (κ1) is 24.0. The highest BCUT2D eigenvalue weighted by molar-refractivity contribution is 7.96. The van der Waals surface area contributed by atoms with Crippen molar-refractivity contribution in [3.05, 3.63) is 75.5 Å². The Morgan fingerprint density at radius 3 is 2.86 bits per heavy atom. The summed E-state index contributed by atoms with van der Waals surface area (Å²) < 4.78 is 22.5. The molecule has 188 valence electrons. The van der Waals surface area contributed by atoms with Gasteiger partial charge in [-0.05, 0) is 60.6 Å². The van der Waals surface area contributed by atoms with Gasteiger partial charge in [-0.1, -0.05) is 56.1 Å². The lowest BCUT2D eigenvalue weighted by Gasteiger charge is -2.60. The van der Waals surface area contributed by atoms with Gasteiger partial charge in [0.1, 0.15) is 5.58 Å². The van der Waals surface area contributed by atoms with E-state index < -0.39 is 0 Å². The fourth-order valence-corrected chi connectivity index (χ4v) is 7.18. The average molecular weight is 506 g/mol. The van der Waals surface area contributed by atoms with Crippen LogP contribution in [0.2, 0.25) is 0 Å². The smallest absolute Gasteiger partial charge is 0.464 e. The lowest BCUT2D eigenvalue weighted by molar-refractivity contribution is -0.385.